The molecule has 0 fully saturated rings. The molecule has 2 rings (SSSR count). The van der Waals surface area contributed by atoms with Gasteiger partial charge in [-0.2, -0.15) is 26.3 Å². The van der Waals surface area contributed by atoms with Gasteiger partial charge >= 0.3 is 18.0 Å². The van der Waals surface area contributed by atoms with E-state index in [0.29, 0.717) is 12.1 Å². The normalized spacial score (nSPS) is 12.8. The van der Waals surface area contributed by atoms with Gasteiger partial charge in [-0.05, 0) is 37.1 Å². The molecule has 0 aliphatic carbocycles. The molecule has 1 N–H and O–H groups in total. The quantitative estimate of drug-likeness (QED) is 0.652. The molecule has 0 saturated heterocycles. The van der Waals surface area contributed by atoms with E-state index in [4.69, 9.17) is 0 Å². The van der Waals surface area contributed by atoms with E-state index in [-0.39, 0.29) is 22.4 Å². The van der Waals surface area contributed by atoms with Crippen molar-refractivity contribution in [1.82, 2.24) is 0 Å². The van der Waals surface area contributed by atoms with Crippen LogP contribution in [-0.2, 0) is 5.67 Å². The van der Waals surface area contributed by atoms with Gasteiger partial charge in [0, 0.05) is 16.8 Å². The minimum absolute atomic E-state index is 0.0132. The summed E-state index contributed by atoms with van der Waals surface area (Å²) in [6, 6.07) is 8.67. The molecule has 0 atom stereocenters. The van der Waals surface area contributed by atoms with Gasteiger partial charge in [0.2, 0.25) is 0 Å². The van der Waals surface area contributed by atoms with Crippen LogP contribution in [0.25, 0.3) is 0 Å². The summed E-state index contributed by atoms with van der Waals surface area (Å²) in [6.45, 7) is 2.37. The van der Waals surface area contributed by atoms with Gasteiger partial charge < -0.3 is 5.32 Å². The third kappa shape index (κ3) is 3.77. The summed E-state index contributed by atoms with van der Waals surface area (Å²) in [5.41, 5.74) is -7.12. The second-order valence-electron chi connectivity index (χ2n) is 5.96. The van der Waals surface area contributed by atoms with Crippen molar-refractivity contribution in [2.24, 2.45) is 0 Å². The summed E-state index contributed by atoms with van der Waals surface area (Å²) in [5.74, 6) is -0.604. The highest BCUT2D eigenvalue weighted by Crippen LogP contribution is 2.53. The zero-order chi connectivity index (χ0) is 20.6. The van der Waals surface area contributed by atoms with Gasteiger partial charge in [0.15, 0.2) is 0 Å². The highest BCUT2D eigenvalue weighted by molar-refractivity contribution is 6.05. The molecule has 0 radical (unpaired) electrons. The third-order valence-corrected chi connectivity index (χ3v) is 3.99. The first kappa shape index (κ1) is 20.7. The van der Waals surface area contributed by atoms with Gasteiger partial charge in [0.1, 0.15) is 0 Å². The van der Waals surface area contributed by atoms with Crippen molar-refractivity contribution < 1.29 is 35.5 Å². The Kier molecular flexibility index (Phi) is 5.27. The number of carbonyl (C=O) groups is 1. The molecule has 0 spiro atoms. The monoisotopic (exact) mass is 393 g/mol. The van der Waals surface area contributed by atoms with E-state index in [1.54, 1.807) is 18.2 Å². The maximum absolute atomic E-state index is 14.2. The molecular formula is C18H14F7NO. The number of benzene rings is 2. The summed E-state index contributed by atoms with van der Waals surface area (Å²) in [5, 5.41) is 2.43. The Hall–Kier alpha value is -2.58. The lowest BCUT2D eigenvalue weighted by molar-refractivity contribution is -0.348. The number of anilines is 1. The van der Waals surface area contributed by atoms with E-state index >= 15 is 0 Å². The van der Waals surface area contributed by atoms with Crippen LogP contribution in [0.15, 0.2) is 42.5 Å². The standard InChI is InChI=1S/C18H14F7NO/c1-10-8-13(16(19,17(20,21)22)18(23,24)25)9-11(2)14(10)26-15(27)12-6-4-3-5-7-12/h3-9H,1-2H3,(H,26,27). The Morgan fingerprint density at radius 3 is 1.67 bits per heavy atom. The van der Waals surface area contributed by atoms with Crippen molar-refractivity contribution in [3.8, 4) is 0 Å². The fourth-order valence-corrected chi connectivity index (χ4v) is 2.62. The lowest BCUT2D eigenvalue weighted by atomic mass is 9.90. The molecule has 0 aromatic heterocycles. The van der Waals surface area contributed by atoms with Gasteiger partial charge in [-0.3, -0.25) is 4.79 Å². The zero-order valence-electron chi connectivity index (χ0n) is 14.1. The first-order chi connectivity index (χ1) is 12.3. The maximum atomic E-state index is 14.2. The minimum atomic E-state index is -6.20. The number of hydrogen-bond acceptors (Lipinski definition) is 1. The topological polar surface area (TPSA) is 29.1 Å². The summed E-state index contributed by atoms with van der Waals surface area (Å²) >= 11 is 0. The molecule has 146 valence electrons. The number of nitrogens with one attached hydrogen (secondary N) is 1. The molecule has 0 heterocycles. The van der Waals surface area contributed by atoms with Crippen LogP contribution < -0.4 is 5.32 Å². The van der Waals surface area contributed by atoms with Crippen LogP contribution in [0.2, 0.25) is 0 Å². The first-order valence-electron chi connectivity index (χ1n) is 7.59. The van der Waals surface area contributed by atoms with E-state index in [1.165, 1.54) is 26.0 Å². The summed E-state index contributed by atoms with van der Waals surface area (Å²) < 4.78 is 91.7. The van der Waals surface area contributed by atoms with Crippen molar-refractivity contribution in [3.63, 3.8) is 0 Å². The van der Waals surface area contributed by atoms with Crippen LogP contribution in [0, 0.1) is 13.8 Å². The number of hydrogen-bond donors (Lipinski definition) is 1. The molecule has 27 heavy (non-hydrogen) atoms. The second-order valence-corrected chi connectivity index (χ2v) is 5.96. The van der Waals surface area contributed by atoms with Crippen molar-refractivity contribution in [2.45, 2.75) is 31.9 Å². The molecule has 2 aromatic carbocycles. The molecule has 0 aliphatic heterocycles. The van der Waals surface area contributed by atoms with Crippen LogP contribution >= 0.6 is 0 Å². The molecule has 0 unspecified atom stereocenters. The summed E-state index contributed by atoms with van der Waals surface area (Å²) in [4.78, 5) is 12.2. The smallest absolute Gasteiger partial charge is 0.322 e. The molecule has 2 aromatic rings. The molecular weight excluding hydrogens is 379 g/mol. The van der Waals surface area contributed by atoms with Gasteiger partial charge in [-0.1, -0.05) is 30.3 Å². The molecule has 0 aliphatic rings. The Balaban J connectivity index is 2.49. The van der Waals surface area contributed by atoms with Crippen molar-refractivity contribution >= 4 is 11.6 Å². The molecule has 9 heteroatoms. The summed E-state index contributed by atoms with van der Waals surface area (Å²) in [6.07, 6.45) is -12.4. The number of aryl methyl sites for hydroxylation is 2. The van der Waals surface area contributed by atoms with Gasteiger partial charge in [-0.15, -0.1) is 0 Å². The van der Waals surface area contributed by atoms with Gasteiger partial charge in [0.05, 0.1) is 0 Å². The van der Waals surface area contributed by atoms with Crippen molar-refractivity contribution in [2.75, 3.05) is 5.32 Å². The fraction of sp³-hybridized carbons (Fsp3) is 0.278. The number of rotatable bonds is 3. The Morgan fingerprint density at radius 2 is 1.26 bits per heavy atom. The minimum Gasteiger partial charge on any atom is -0.322 e. The van der Waals surface area contributed by atoms with E-state index < -0.39 is 29.5 Å². The fourth-order valence-electron chi connectivity index (χ4n) is 2.62. The second kappa shape index (κ2) is 6.86. The molecule has 0 saturated carbocycles. The number of halogens is 7. The Bertz CT molecular complexity index is 804. The molecule has 2 nitrogen and oxygen atoms in total. The average Bonchev–Trinajstić information content (AvgIpc) is 2.55. The average molecular weight is 393 g/mol. The molecule has 0 bridgehead atoms. The van der Waals surface area contributed by atoms with E-state index in [2.05, 4.69) is 5.32 Å². The van der Waals surface area contributed by atoms with E-state index in [9.17, 15) is 35.5 Å². The van der Waals surface area contributed by atoms with E-state index in [1.807, 2.05) is 0 Å². The predicted molar refractivity (Wildman–Crippen MR) is 85.2 cm³/mol. The number of alkyl halides is 7. The highest BCUT2D eigenvalue weighted by Gasteiger charge is 2.73. The van der Waals surface area contributed by atoms with Crippen LogP contribution in [0.5, 0.6) is 0 Å². The van der Waals surface area contributed by atoms with Crippen LogP contribution in [0.3, 0.4) is 0 Å². The predicted octanol–water partition coefficient (Wildman–Crippen LogP) is 5.85. The van der Waals surface area contributed by atoms with Crippen molar-refractivity contribution in [3.05, 3.63) is 64.7 Å². The summed E-state index contributed by atoms with van der Waals surface area (Å²) in [7, 11) is 0. The highest BCUT2D eigenvalue weighted by atomic mass is 19.4. The Labute approximate surface area is 150 Å². The lowest BCUT2D eigenvalue weighted by Gasteiger charge is -2.31. The number of amides is 1. The van der Waals surface area contributed by atoms with Crippen LogP contribution in [0.1, 0.15) is 27.0 Å². The Morgan fingerprint density at radius 1 is 0.815 bits per heavy atom. The van der Waals surface area contributed by atoms with Crippen LogP contribution in [-0.4, -0.2) is 18.3 Å². The largest absolute Gasteiger partial charge is 0.435 e. The van der Waals surface area contributed by atoms with Gasteiger partial charge in [0.25, 0.3) is 5.91 Å². The SMILES string of the molecule is Cc1cc(C(F)(C(F)(F)F)C(F)(F)F)cc(C)c1NC(=O)c1ccccc1. The lowest BCUT2D eigenvalue weighted by Crippen LogP contribution is -2.50. The maximum Gasteiger partial charge on any atom is 0.435 e. The first-order valence-corrected chi connectivity index (χ1v) is 7.59. The van der Waals surface area contributed by atoms with Crippen molar-refractivity contribution in [1.29, 1.82) is 0 Å². The van der Waals surface area contributed by atoms with Crippen LogP contribution in [0.4, 0.5) is 36.4 Å². The molecule has 1 amide bonds. The zero-order valence-corrected chi connectivity index (χ0v) is 14.1. The van der Waals surface area contributed by atoms with Gasteiger partial charge in [-0.25, -0.2) is 4.39 Å². The number of carbonyl (C=O) groups excluding carboxylic acids is 1. The van der Waals surface area contributed by atoms with E-state index in [0.717, 1.165) is 0 Å². The third-order valence-electron chi connectivity index (χ3n) is 3.99.